The highest BCUT2D eigenvalue weighted by molar-refractivity contribution is 5.91. The molecule has 1 rings (SSSR count). The van der Waals surface area contributed by atoms with Gasteiger partial charge < -0.3 is 5.32 Å². The average molecular weight is 238 g/mol. The van der Waals surface area contributed by atoms with Gasteiger partial charge in [0, 0.05) is 0 Å². The summed E-state index contributed by atoms with van der Waals surface area (Å²) in [6, 6.07) is 0.229. The van der Waals surface area contributed by atoms with Crippen molar-refractivity contribution in [2.24, 2.45) is 10.9 Å². The second-order valence-corrected chi connectivity index (χ2v) is 4.95. The molecule has 1 heterocycles. The van der Waals surface area contributed by atoms with E-state index in [0.29, 0.717) is 0 Å². The van der Waals surface area contributed by atoms with Crippen molar-refractivity contribution >= 4 is 12.2 Å². The highest BCUT2D eigenvalue weighted by Gasteiger charge is 2.28. The molecule has 1 N–H and O–H groups in total. The van der Waals surface area contributed by atoms with Crippen molar-refractivity contribution in [3.05, 3.63) is 0 Å². The SMILES string of the molecule is CCCCCC1N=CNC(=O)C1CCCCC. The van der Waals surface area contributed by atoms with Crippen molar-refractivity contribution in [2.45, 2.75) is 71.3 Å². The molecular weight excluding hydrogens is 212 g/mol. The minimum atomic E-state index is 0.114. The third-order valence-electron chi connectivity index (χ3n) is 3.50. The molecule has 0 aliphatic carbocycles. The summed E-state index contributed by atoms with van der Waals surface area (Å²) in [5.41, 5.74) is 0. The summed E-state index contributed by atoms with van der Waals surface area (Å²) in [4.78, 5) is 16.3. The molecular formula is C14H26N2O. The first-order valence-electron chi connectivity index (χ1n) is 7.11. The molecule has 0 saturated carbocycles. The number of carbonyl (C=O) groups excluding carboxylic acids is 1. The second kappa shape index (κ2) is 8.26. The molecule has 0 aromatic carbocycles. The van der Waals surface area contributed by atoms with E-state index in [-0.39, 0.29) is 17.9 Å². The molecule has 2 unspecified atom stereocenters. The zero-order valence-corrected chi connectivity index (χ0v) is 11.2. The molecule has 3 nitrogen and oxygen atoms in total. The number of carbonyl (C=O) groups is 1. The lowest BCUT2D eigenvalue weighted by Crippen LogP contribution is -2.41. The smallest absolute Gasteiger partial charge is 0.230 e. The summed E-state index contributed by atoms with van der Waals surface area (Å²) in [5, 5.41) is 2.75. The Morgan fingerprint density at radius 2 is 1.76 bits per heavy atom. The molecule has 0 bridgehead atoms. The fraction of sp³-hybridized carbons (Fsp3) is 0.857. The van der Waals surface area contributed by atoms with E-state index in [9.17, 15) is 4.79 Å². The quantitative estimate of drug-likeness (QED) is 0.648. The van der Waals surface area contributed by atoms with Gasteiger partial charge >= 0.3 is 0 Å². The average Bonchev–Trinajstić information content (AvgIpc) is 2.33. The first kappa shape index (κ1) is 14.2. The van der Waals surface area contributed by atoms with E-state index >= 15 is 0 Å². The van der Waals surface area contributed by atoms with Gasteiger partial charge in [0.2, 0.25) is 5.91 Å². The van der Waals surface area contributed by atoms with Crippen LogP contribution >= 0.6 is 0 Å². The normalized spacial score (nSPS) is 23.8. The Labute approximate surface area is 105 Å². The maximum absolute atomic E-state index is 11.8. The Hall–Kier alpha value is -0.860. The van der Waals surface area contributed by atoms with Crippen LogP contribution in [0.25, 0.3) is 0 Å². The van der Waals surface area contributed by atoms with Gasteiger partial charge in [0.25, 0.3) is 0 Å². The van der Waals surface area contributed by atoms with Crippen molar-refractivity contribution in [3.8, 4) is 0 Å². The van der Waals surface area contributed by atoms with Crippen molar-refractivity contribution in [2.75, 3.05) is 0 Å². The molecule has 0 radical (unpaired) electrons. The predicted molar refractivity (Wildman–Crippen MR) is 72.2 cm³/mol. The van der Waals surface area contributed by atoms with Crippen LogP contribution in [0.1, 0.15) is 65.2 Å². The van der Waals surface area contributed by atoms with Crippen LogP contribution in [0.5, 0.6) is 0 Å². The number of hydrogen-bond acceptors (Lipinski definition) is 2. The van der Waals surface area contributed by atoms with Gasteiger partial charge in [-0.2, -0.15) is 0 Å². The van der Waals surface area contributed by atoms with Gasteiger partial charge in [0.1, 0.15) is 0 Å². The van der Waals surface area contributed by atoms with Gasteiger partial charge in [-0.15, -0.1) is 0 Å². The number of hydrogen-bond donors (Lipinski definition) is 1. The van der Waals surface area contributed by atoms with Crippen molar-refractivity contribution in [1.82, 2.24) is 5.32 Å². The first-order valence-corrected chi connectivity index (χ1v) is 7.11. The molecule has 1 aliphatic rings. The van der Waals surface area contributed by atoms with Crippen molar-refractivity contribution < 1.29 is 4.79 Å². The molecule has 98 valence electrons. The predicted octanol–water partition coefficient (Wildman–Crippen LogP) is 3.29. The third kappa shape index (κ3) is 4.88. The Morgan fingerprint density at radius 3 is 2.41 bits per heavy atom. The van der Waals surface area contributed by atoms with Gasteiger partial charge in [-0.1, -0.05) is 52.4 Å². The van der Waals surface area contributed by atoms with E-state index in [2.05, 4.69) is 24.2 Å². The molecule has 2 atom stereocenters. The Bertz CT molecular complexity index is 251. The molecule has 0 spiro atoms. The maximum Gasteiger partial charge on any atom is 0.230 e. The van der Waals surface area contributed by atoms with E-state index in [4.69, 9.17) is 0 Å². The van der Waals surface area contributed by atoms with Crippen LogP contribution < -0.4 is 5.32 Å². The summed E-state index contributed by atoms with van der Waals surface area (Å²) in [6.07, 6.45) is 10.9. The summed E-state index contributed by atoms with van der Waals surface area (Å²) < 4.78 is 0. The topological polar surface area (TPSA) is 41.5 Å². The number of rotatable bonds is 8. The van der Waals surface area contributed by atoms with Crippen LogP contribution in [0.15, 0.2) is 4.99 Å². The molecule has 0 saturated heterocycles. The zero-order chi connectivity index (χ0) is 12.5. The lowest BCUT2D eigenvalue weighted by atomic mass is 9.88. The first-order chi connectivity index (χ1) is 8.29. The van der Waals surface area contributed by atoms with Gasteiger partial charge in [-0.25, -0.2) is 0 Å². The highest BCUT2D eigenvalue weighted by Crippen LogP contribution is 2.23. The minimum Gasteiger partial charge on any atom is -0.317 e. The number of nitrogens with zero attached hydrogens (tertiary/aromatic N) is 1. The number of unbranched alkanes of at least 4 members (excludes halogenated alkanes) is 4. The fourth-order valence-electron chi connectivity index (χ4n) is 2.40. The number of amides is 1. The van der Waals surface area contributed by atoms with Gasteiger partial charge in [0.05, 0.1) is 18.3 Å². The monoisotopic (exact) mass is 238 g/mol. The van der Waals surface area contributed by atoms with Crippen LogP contribution in [0, 0.1) is 5.92 Å². The Balaban J connectivity index is 2.42. The molecule has 0 aromatic rings. The lowest BCUT2D eigenvalue weighted by molar-refractivity contribution is -0.124. The summed E-state index contributed by atoms with van der Waals surface area (Å²) in [7, 11) is 0. The van der Waals surface area contributed by atoms with E-state index in [1.54, 1.807) is 6.34 Å². The molecule has 0 aromatic heterocycles. The van der Waals surface area contributed by atoms with E-state index in [0.717, 1.165) is 19.3 Å². The van der Waals surface area contributed by atoms with E-state index < -0.39 is 0 Å². The summed E-state index contributed by atoms with van der Waals surface area (Å²) in [5.74, 6) is 0.293. The third-order valence-corrected chi connectivity index (χ3v) is 3.50. The maximum atomic E-state index is 11.8. The van der Waals surface area contributed by atoms with Crippen molar-refractivity contribution in [1.29, 1.82) is 0 Å². The van der Waals surface area contributed by atoms with E-state index in [1.165, 1.54) is 32.1 Å². The Morgan fingerprint density at radius 1 is 1.12 bits per heavy atom. The standard InChI is InChI=1S/C14H26N2O/c1-3-5-7-9-12-13(10-8-6-4-2)15-11-16-14(12)17/h11-13H,3-10H2,1-2H3,(H,15,16,17). The van der Waals surface area contributed by atoms with Gasteiger partial charge in [-0.3, -0.25) is 9.79 Å². The van der Waals surface area contributed by atoms with Crippen LogP contribution in [0.3, 0.4) is 0 Å². The number of nitrogens with one attached hydrogen (secondary N) is 1. The molecule has 0 fully saturated rings. The van der Waals surface area contributed by atoms with Crippen LogP contribution in [-0.2, 0) is 4.79 Å². The number of aliphatic imine (C=N–C) groups is 1. The minimum absolute atomic E-state index is 0.114. The zero-order valence-electron chi connectivity index (χ0n) is 11.2. The Kier molecular flexibility index (Phi) is 6.90. The van der Waals surface area contributed by atoms with Gasteiger partial charge in [-0.05, 0) is 12.8 Å². The highest BCUT2D eigenvalue weighted by atomic mass is 16.2. The van der Waals surface area contributed by atoms with Crippen LogP contribution in [0.2, 0.25) is 0 Å². The molecule has 3 heteroatoms. The molecule has 17 heavy (non-hydrogen) atoms. The lowest BCUT2D eigenvalue weighted by Gasteiger charge is -2.26. The van der Waals surface area contributed by atoms with Crippen LogP contribution in [-0.4, -0.2) is 18.3 Å². The fourth-order valence-corrected chi connectivity index (χ4v) is 2.40. The van der Waals surface area contributed by atoms with Crippen LogP contribution in [0.4, 0.5) is 0 Å². The second-order valence-electron chi connectivity index (χ2n) is 4.95. The van der Waals surface area contributed by atoms with Gasteiger partial charge in [0.15, 0.2) is 0 Å². The summed E-state index contributed by atoms with van der Waals surface area (Å²) >= 11 is 0. The molecule has 1 aliphatic heterocycles. The molecule has 1 amide bonds. The van der Waals surface area contributed by atoms with E-state index in [1.807, 2.05) is 0 Å². The largest absolute Gasteiger partial charge is 0.317 e. The van der Waals surface area contributed by atoms with Crippen molar-refractivity contribution in [3.63, 3.8) is 0 Å². The summed E-state index contributed by atoms with van der Waals surface area (Å²) in [6.45, 7) is 4.40.